The predicted octanol–water partition coefficient (Wildman–Crippen LogP) is 3.89. The van der Waals surface area contributed by atoms with Crippen molar-refractivity contribution >= 4 is 6.08 Å². The van der Waals surface area contributed by atoms with Crippen LogP contribution in [-0.4, -0.2) is 26.3 Å². The van der Waals surface area contributed by atoms with Gasteiger partial charge in [0.25, 0.3) is 0 Å². The molecule has 0 unspecified atom stereocenters. The molecule has 1 aromatic carbocycles. The van der Waals surface area contributed by atoms with Crippen molar-refractivity contribution in [2.45, 2.75) is 39.7 Å². The van der Waals surface area contributed by atoms with Gasteiger partial charge in [-0.05, 0) is 44.0 Å². The summed E-state index contributed by atoms with van der Waals surface area (Å²) in [5.74, 6) is 1.61. The molecule has 1 N–H and O–H groups in total. The van der Waals surface area contributed by atoms with Crippen molar-refractivity contribution in [3.05, 3.63) is 29.8 Å². The number of ether oxygens (including phenoxy) is 2. The summed E-state index contributed by atoms with van der Waals surface area (Å²) in [6.45, 7) is 8.08. The Morgan fingerprint density at radius 2 is 2.00 bits per heavy atom. The molecule has 0 fully saturated rings. The number of unbranched alkanes of at least 4 members (excludes halogenated alkanes) is 1. The molecule has 0 aliphatic rings. The first-order valence-corrected chi connectivity index (χ1v) is 7.34. The van der Waals surface area contributed by atoms with Crippen molar-refractivity contribution in [1.29, 1.82) is 0 Å². The maximum atomic E-state index is 5.79. The Kier molecular flexibility index (Phi) is 7.81. The Hall–Kier alpha value is -1.48. The van der Waals surface area contributed by atoms with Crippen LogP contribution in [0.3, 0.4) is 0 Å². The van der Waals surface area contributed by atoms with Crippen LogP contribution < -0.4 is 14.8 Å². The van der Waals surface area contributed by atoms with E-state index in [-0.39, 0.29) is 0 Å². The van der Waals surface area contributed by atoms with Crippen LogP contribution in [0.1, 0.15) is 39.2 Å². The molecular weight excluding hydrogens is 250 g/mol. The van der Waals surface area contributed by atoms with Gasteiger partial charge in [0.15, 0.2) is 11.5 Å². The first-order valence-electron chi connectivity index (χ1n) is 7.34. The standard InChI is InChI=1S/C17H27NO2/c1-5-8-15-9-10-16(17(13-15)19-4)20-12-7-6-11-18-14(2)3/h5,8-10,13-14,18H,6-7,11-12H2,1-4H3. The highest BCUT2D eigenvalue weighted by atomic mass is 16.5. The van der Waals surface area contributed by atoms with Gasteiger partial charge in [-0.25, -0.2) is 0 Å². The van der Waals surface area contributed by atoms with E-state index < -0.39 is 0 Å². The molecule has 0 saturated carbocycles. The molecule has 1 rings (SSSR count). The number of hydrogen-bond donors (Lipinski definition) is 1. The Labute approximate surface area is 123 Å². The molecule has 0 saturated heterocycles. The minimum absolute atomic E-state index is 0.551. The van der Waals surface area contributed by atoms with Crippen molar-refractivity contribution in [3.63, 3.8) is 0 Å². The molecule has 0 amide bonds. The summed E-state index contributed by atoms with van der Waals surface area (Å²) in [7, 11) is 1.67. The second kappa shape index (κ2) is 9.43. The van der Waals surface area contributed by atoms with E-state index in [1.54, 1.807) is 7.11 Å². The van der Waals surface area contributed by atoms with Crippen LogP contribution in [0.2, 0.25) is 0 Å². The Morgan fingerprint density at radius 3 is 2.65 bits per heavy atom. The van der Waals surface area contributed by atoms with Crippen LogP contribution in [0.5, 0.6) is 11.5 Å². The molecule has 112 valence electrons. The predicted molar refractivity (Wildman–Crippen MR) is 85.6 cm³/mol. The summed E-state index contributed by atoms with van der Waals surface area (Å²) >= 11 is 0. The lowest BCUT2D eigenvalue weighted by Gasteiger charge is -2.12. The van der Waals surface area contributed by atoms with Crippen LogP contribution >= 0.6 is 0 Å². The monoisotopic (exact) mass is 277 g/mol. The lowest BCUT2D eigenvalue weighted by Crippen LogP contribution is -2.23. The SMILES string of the molecule is CC=Cc1ccc(OCCCCNC(C)C)c(OC)c1. The van der Waals surface area contributed by atoms with Gasteiger partial charge in [-0.2, -0.15) is 0 Å². The largest absolute Gasteiger partial charge is 0.493 e. The van der Waals surface area contributed by atoms with E-state index in [9.17, 15) is 0 Å². The molecule has 0 bridgehead atoms. The van der Waals surface area contributed by atoms with Crippen molar-refractivity contribution in [2.24, 2.45) is 0 Å². The summed E-state index contributed by atoms with van der Waals surface area (Å²) < 4.78 is 11.2. The van der Waals surface area contributed by atoms with Gasteiger partial charge < -0.3 is 14.8 Å². The zero-order valence-corrected chi connectivity index (χ0v) is 13.1. The number of hydrogen-bond acceptors (Lipinski definition) is 3. The number of allylic oxidation sites excluding steroid dienone is 1. The van der Waals surface area contributed by atoms with Gasteiger partial charge in [0.05, 0.1) is 13.7 Å². The Bertz CT molecular complexity index is 413. The second-order valence-electron chi connectivity index (χ2n) is 5.07. The molecule has 1 aromatic rings. The number of nitrogens with one attached hydrogen (secondary N) is 1. The molecule has 3 heteroatoms. The minimum atomic E-state index is 0.551. The quantitative estimate of drug-likeness (QED) is 0.695. The summed E-state index contributed by atoms with van der Waals surface area (Å²) in [5, 5.41) is 3.40. The highest BCUT2D eigenvalue weighted by Gasteiger charge is 2.04. The van der Waals surface area contributed by atoms with Crippen molar-refractivity contribution < 1.29 is 9.47 Å². The van der Waals surface area contributed by atoms with E-state index in [1.807, 2.05) is 37.3 Å². The summed E-state index contributed by atoms with van der Waals surface area (Å²) in [4.78, 5) is 0. The van der Waals surface area contributed by atoms with Crippen LogP contribution in [0.15, 0.2) is 24.3 Å². The lowest BCUT2D eigenvalue weighted by atomic mass is 10.2. The van der Waals surface area contributed by atoms with Gasteiger partial charge in [0.2, 0.25) is 0 Å². The van der Waals surface area contributed by atoms with E-state index in [0.717, 1.165) is 43.1 Å². The third kappa shape index (κ3) is 6.11. The fourth-order valence-electron chi connectivity index (χ4n) is 1.90. The molecule has 0 radical (unpaired) electrons. The van der Waals surface area contributed by atoms with Crippen LogP contribution in [0.25, 0.3) is 6.08 Å². The van der Waals surface area contributed by atoms with E-state index in [4.69, 9.17) is 9.47 Å². The fourth-order valence-corrected chi connectivity index (χ4v) is 1.90. The molecule has 0 heterocycles. The van der Waals surface area contributed by atoms with Gasteiger partial charge in [-0.1, -0.05) is 32.1 Å². The Balaban J connectivity index is 2.39. The fraction of sp³-hybridized carbons (Fsp3) is 0.529. The van der Waals surface area contributed by atoms with Crippen molar-refractivity contribution in [3.8, 4) is 11.5 Å². The normalized spacial score (nSPS) is 11.2. The highest BCUT2D eigenvalue weighted by molar-refractivity contribution is 5.55. The number of rotatable bonds is 9. The van der Waals surface area contributed by atoms with Gasteiger partial charge in [0, 0.05) is 6.04 Å². The molecule has 0 aliphatic carbocycles. The zero-order valence-electron chi connectivity index (χ0n) is 13.1. The second-order valence-corrected chi connectivity index (χ2v) is 5.07. The van der Waals surface area contributed by atoms with Crippen molar-refractivity contribution in [2.75, 3.05) is 20.3 Å². The maximum Gasteiger partial charge on any atom is 0.161 e. The molecule has 0 aromatic heterocycles. The topological polar surface area (TPSA) is 30.5 Å². The first-order chi connectivity index (χ1) is 9.67. The third-order valence-electron chi connectivity index (χ3n) is 2.93. The highest BCUT2D eigenvalue weighted by Crippen LogP contribution is 2.28. The lowest BCUT2D eigenvalue weighted by molar-refractivity contribution is 0.285. The van der Waals surface area contributed by atoms with Crippen LogP contribution in [0.4, 0.5) is 0 Å². The number of methoxy groups -OCH3 is 1. The van der Waals surface area contributed by atoms with Gasteiger partial charge in [-0.15, -0.1) is 0 Å². The molecule has 20 heavy (non-hydrogen) atoms. The van der Waals surface area contributed by atoms with Crippen LogP contribution in [-0.2, 0) is 0 Å². The summed E-state index contributed by atoms with van der Waals surface area (Å²) in [6.07, 6.45) is 6.22. The minimum Gasteiger partial charge on any atom is -0.493 e. The molecule has 0 spiro atoms. The summed E-state index contributed by atoms with van der Waals surface area (Å²) in [5.41, 5.74) is 1.12. The molecule has 0 aliphatic heterocycles. The molecule has 3 nitrogen and oxygen atoms in total. The maximum absolute atomic E-state index is 5.79. The van der Waals surface area contributed by atoms with Crippen LogP contribution in [0, 0.1) is 0 Å². The van der Waals surface area contributed by atoms with Gasteiger partial charge in [-0.3, -0.25) is 0 Å². The average Bonchev–Trinajstić information content (AvgIpc) is 2.43. The van der Waals surface area contributed by atoms with E-state index in [2.05, 4.69) is 19.2 Å². The van der Waals surface area contributed by atoms with Gasteiger partial charge >= 0.3 is 0 Å². The first kappa shape index (κ1) is 16.6. The zero-order chi connectivity index (χ0) is 14.8. The van der Waals surface area contributed by atoms with Crippen molar-refractivity contribution in [1.82, 2.24) is 5.32 Å². The Morgan fingerprint density at radius 1 is 1.20 bits per heavy atom. The average molecular weight is 277 g/mol. The smallest absolute Gasteiger partial charge is 0.161 e. The third-order valence-corrected chi connectivity index (χ3v) is 2.93. The molecule has 0 atom stereocenters. The summed E-state index contributed by atoms with van der Waals surface area (Å²) in [6, 6.07) is 6.56. The van der Waals surface area contributed by atoms with E-state index in [1.165, 1.54) is 0 Å². The van der Waals surface area contributed by atoms with E-state index >= 15 is 0 Å². The molecular formula is C17H27NO2. The number of benzene rings is 1. The van der Waals surface area contributed by atoms with Gasteiger partial charge in [0.1, 0.15) is 0 Å². The van der Waals surface area contributed by atoms with E-state index in [0.29, 0.717) is 6.04 Å².